The predicted molar refractivity (Wildman–Crippen MR) is 127 cm³/mol. The summed E-state index contributed by atoms with van der Waals surface area (Å²) in [6.45, 7) is 0. The molecule has 0 bridgehead atoms. The van der Waals surface area contributed by atoms with Gasteiger partial charge in [0, 0.05) is 39.9 Å². The number of nitrogens with one attached hydrogen (secondary N) is 1. The zero-order valence-corrected chi connectivity index (χ0v) is 18.7. The number of fused-ring (bicyclic) bond motifs is 2. The van der Waals surface area contributed by atoms with Crippen molar-refractivity contribution in [2.45, 2.75) is 12.2 Å². The molecule has 0 fully saturated rings. The molecule has 174 valence electrons. The Morgan fingerprint density at radius 1 is 0.886 bits per heavy atom. The summed E-state index contributed by atoms with van der Waals surface area (Å²) in [7, 11) is 0. The second-order valence-corrected chi connectivity index (χ2v) is 8.23. The molecule has 1 amide bonds. The van der Waals surface area contributed by atoms with Crippen LogP contribution >= 0.6 is 11.6 Å². The molecule has 0 aliphatic rings. The number of benzene rings is 2. The Balaban J connectivity index is 1.63. The Morgan fingerprint density at radius 3 is 2.51 bits per heavy atom. The van der Waals surface area contributed by atoms with E-state index in [4.69, 9.17) is 11.6 Å². The van der Waals surface area contributed by atoms with Crippen LogP contribution in [-0.4, -0.2) is 20.9 Å². The molecule has 5 nitrogen and oxygen atoms in total. The van der Waals surface area contributed by atoms with Crippen LogP contribution in [0.15, 0.2) is 85.3 Å². The van der Waals surface area contributed by atoms with Crippen molar-refractivity contribution in [1.82, 2.24) is 20.3 Å². The first-order valence-electron chi connectivity index (χ1n) is 10.5. The fraction of sp³-hybridized carbons (Fsp3) is 0.0769. The van der Waals surface area contributed by atoms with Crippen LogP contribution in [0.2, 0.25) is 5.02 Å². The van der Waals surface area contributed by atoms with E-state index in [1.54, 1.807) is 54.7 Å². The van der Waals surface area contributed by atoms with Crippen molar-refractivity contribution in [3.05, 3.63) is 113 Å². The van der Waals surface area contributed by atoms with Crippen LogP contribution in [-0.2, 0) is 6.18 Å². The number of alkyl halides is 3. The number of halogens is 4. The molecule has 2 aromatic carbocycles. The maximum Gasteiger partial charge on any atom is 0.418 e. The van der Waals surface area contributed by atoms with E-state index in [9.17, 15) is 18.0 Å². The van der Waals surface area contributed by atoms with Gasteiger partial charge in [-0.2, -0.15) is 13.2 Å². The third kappa shape index (κ3) is 4.52. The molecule has 1 N–H and O–H groups in total. The van der Waals surface area contributed by atoms with Gasteiger partial charge in [-0.05, 0) is 54.1 Å². The fourth-order valence-corrected chi connectivity index (χ4v) is 4.13. The molecule has 9 heteroatoms. The summed E-state index contributed by atoms with van der Waals surface area (Å²) < 4.78 is 41.6. The van der Waals surface area contributed by atoms with Gasteiger partial charge in [-0.25, -0.2) is 0 Å². The minimum atomic E-state index is -4.68. The van der Waals surface area contributed by atoms with Crippen LogP contribution in [0, 0.1) is 0 Å². The SMILES string of the molecule is O=C(NC(c1cnc2cccc(Cl)c2c1)c1ncccc1C(F)(F)F)c1ccc2cccnc2c1. The van der Waals surface area contributed by atoms with Gasteiger partial charge in [-0.15, -0.1) is 0 Å². The highest BCUT2D eigenvalue weighted by Gasteiger charge is 2.37. The fourth-order valence-electron chi connectivity index (χ4n) is 3.91. The number of carbonyl (C=O) groups excluding carboxylic acids is 1. The average Bonchev–Trinajstić information content (AvgIpc) is 2.86. The van der Waals surface area contributed by atoms with Gasteiger partial charge in [0.05, 0.1) is 28.3 Å². The van der Waals surface area contributed by atoms with Crippen molar-refractivity contribution in [1.29, 1.82) is 0 Å². The Kier molecular flexibility index (Phi) is 5.82. The topological polar surface area (TPSA) is 67.8 Å². The standard InChI is InChI=1S/C26H16ClF3N4O/c27-20-6-1-7-21-18(20)12-17(14-33-21)23(24-19(26(28,29)30)5-3-11-32-24)34-25(35)16-9-8-15-4-2-10-31-22(15)13-16/h1-14,23H,(H,34,35). The first kappa shape index (κ1) is 22.7. The Morgan fingerprint density at radius 2 is 1.69 bits per heavy atom. The van der Waals surface area contributed by atoms with Gasteiger partial charge in [0.2, 0.25) is 0 Å². The lowest BCUT2D eigenvalue weighted by Gasteiger charge is -2.22. The van der Waals surface area contributed by atoms with E-state index in [0.29, 0.717) is 27.0 Å². The number of pyridine rings is 3. The molecular formula is C26H16ClF3N4O. The molecule has 0 aliphatic carbocycles. The van der Waals surface area contributed by atoms with E-state index in [1.165, 1.54) is 18.5 Å². The number of nitrogens with zero attached hydrogens (tertiary/aromatic N) is 3. The summed E-state index contributed by atoms with van der Waals surface area (Å²) in [4.78, 5) is 25.8. The van der Waals surface area contributed by atoms with Crippen molar-refractivity contribution in [2.75, 3.05) is 0 Å². The summed E-state index contributed by atoms with van der Waals surface area (Å²) in [6, 6.07) is 16.2. The quantitative estimate of drug-likeness (QED) is 0.316. The van der Waals surface area contributed by atoms with Gasteiger partial charge in [0.25, 0.3) is 5.91 Å². The molecule has 0 spiro atoms. The monoisotopic (exact) mass is 492 g/mol. The van der Waals surface area contributed by atoms with Gasteiger partial charge in [0.15, 0.2) is 0 Å². The smallest absolute Gasteiger partial charge is 0.339 e. The summed E-state index contributed by atoms with van der Waals surface area (Å²) in [6.07, 6.45) is -0.409. The number of carbonyl (C=O) groups is 1. The lowest BCUT2D eigenvalue weighted by molar-refractivity contribution is -0.138. The Labute approximate surface area is 202 Å². The van der Waals surface area contributed by atoms with Crippen molar-refractivity contribution in [2.24, 2.45) is 0 Å². The van der Waals surface area contributed by atoms with Crippen molar-refractivity contribution >= 4 is 39.3 Å². The minimum absolute atomic E-state index is 0.248. The van der Waals surface area contributed by atoms with E-state index in [0.717, 1.165) is 11.5 Å². The Hall–Kier alpha value is -4.04. The largest absolute Gasteiger partial charge is 0.418 e. The minimum Gasteiger partial charge on any atom is -0.339 e. The van der Waals surface area contributed by atoms with Crippen LogP contribution < -0.4 is 5.32 Å². The molecule has 0 saturated carbocycles. The molecule has 3 aromatic heterocycles. The van der Waals surface area contributed by atoms with Crippen molar-refractivity contribution in [3.63, 3.8) is 0 Å². The maximum absolute atomic E-state index is 13.9. The van der Waals surface area contributed by atoms with Gasteiger partial charge in [-0.1, -0.05) is 29.8 Å². The first-order valence-corrected chi connectivity index (χ1v) is 10.9. The zero-order chi connectivity index (χ0) is 24.6. The molecule has 3 heterocycles. The molecular weight excluding hydrogens is 477 g/mol. The third-order valence-corrected chi connectivity index (χ3v) is 5.92. The van der Waals surface area contributed by atoms with Gasteiger partial charge in [0.1, 0.15) is 0 Å². The van der Waals surface area contributed by atoms with Crippen LogP contribution in [0.25, 0.3) is 21.8 Å². The zero-order valence-electron chi connectivity index (χ0n) is 17.9. The highest BCUT2D eigenvalue weighted by Crippen LogP contribution is 2.36. The van der Waals surface area contributed by atoms with E-state index in [-0.39, 0.29) is 11.3 Å². The molecule has 5 aromatic rings. The highest BCUT2D eigenvalue weighted by molar-refractivity contribution is 6.35. The second-order valence-electron chi connectivity index (χ2n) is 7.83. The van der Waals surface area contributed by atoms with Crippen LogP contribution in [0.1, 0.15) is 33.2 Å². The van der Waals surface area contributed by atoms with Crippen LogP contribution in [0.4, 0.5) is 13.2 Å². The molecule has 0 saturated heterocycles. The van der Waals surface area contributed by atoms with E-state index >= 15 is 0 Å². The van der Waals surface area contributed by atoms with E-state index in [1.807, 2.05) is 6.07 Å². The van der Waals surface area contributed by atoms with Crippen molar-refractivity contribution in [3.8, 4) is 0 Å². The maximum atomic E-state index is 13.9. The normalized spacial score (nSPS) is 12.6. The predicted octanol–water partition coefficient (Wildman–Crippen LogP) is 6.37. The summed E-state index contributed by atoms with van der Waals surface area (Å²) >= 11 is 6.31. The molecule has 0 aliphatic heterocycles. The molecule has 35 heavy (non-hydrogen) atoms. The number of hydrogen-bond donors (Lipinski definition) is 1. The van der Waals surface area contributed by atoms with Crippen LogP contribution in [0.5, 0.6) is 0 Å². The van der Waals surface area contributed by atoms with Crippen molar-refractivity contribution < 1.29 is 18.0 Å². The lowest BCUT2D eigenvalue weighted by Crippen LogP contribution is -2.31. The van der Waals surface area contributed by atoms with Gasteiger partial charge >= 0.3 is 6.18 Å². The van der Waals surface area contributed by atoms with E-state index in [2.05, 4.69) is 20.3 Å². The van der Waals surface area contributed by atoms with Gasteiger partial charge < -0.3 is 5.32 Å². The van der Waals surface area contributed by atoms with Crippen LogP contribution in [0.3, 0.4) is 0 Å². The lowest BCUT2D eigenvalue weighted by atomic mass is 9.98. The summed E-state index contributed by atoms with van der Waals surface area (Å²) in [5.41, 5.74) is 0.415. The second kappa shape index (κ2) is 8.96. The number of aromatic nitrogens is 3. The highest BCUT2D eigenvalue weighted by atomic mass is 35.5. The molecule has 0 radical (unpaired) electrons. The number of hydrogen-bond acceptors (Lipinski definition) is 4. The molecule has 1 unspecified atom stereocenters. The molecule has 5 rings (SSSR count). The summed E-state index contributed by atoms with van der Waals surface area (Å²) in [5.74, 6) is -0.583. The number of amides is 1. The third-order valence-electron chi connectivity index (χ3n) is 5.59. The average molecular weight is 493 g/mol. The summed E-state index contributed by atoms with van der Waals surface area (Å²) in [5, 5.41) is 4.48. The van der Waals surface area contributed by atoms with E-state index < -0.39 is 23.7 Å². The van der Waals surface area contributed by atoms with Gasteiger partial charge in [-0.3, -0.25) is 19.7 Å². The number of rotatable bonds is 4. The molecule has 1 atom stereocenters. The first-order chi connectivity index (χ1) is 16.8. The Bertz CT molecular complexity index is 1570.